The van der Waals surface area contributed by atoms with Gasteiger partial charge in [-0.15, -0.1) is 5.10 Å². The summed E-state index contributed by atoms with van der Waals surface area (Å²) in [5.41, 5.74) is 11.5. The lowest BCUT2D eigenvalue weighted by Gasteiger charge is -2.02. The van der Waals surface area contributed by atoms with E-state index in [2.05, 4.69) is 15.3 Å². The fourth-order valence-corrected chi connectivity index (χ4v) is 1.40. The van der Waals surface area contributed by atoms with E-state index in [-0.39, 0.29) is 11.5 Å². The Kier molecular flexibility index (Phi) is 2.92. The number of nitrogens with zero attached hydrogens (tertiary/aromatic N) is 4. The second-order valence-electron chi connectivity index (χ2n) is 3.33. The number of hydrogen-bond donors (Lipinski definition) is 2. The molecule has 0 unspecified atom stereocenters. The number of nitrogens with two attached hydrogens (primary N) is 2. The van der Waals surface area contributed by atoms with Crippen molar-refractivity contribution in [2.75, 3.05) is 5.73 Å². The van der Waals surface area contributed by atoms with Gasteiger partial charge in [0.25, 0.3) is 5.91 Å². The maximum Gasteiger partial charge on any atom is 0.273 e. The zero-order chi connectivity index (χ0) is 12.4. The Labute approximate surface area is 101 Å². The number of halogens is 1. The Balaban J connectivity index is 2.24. The number of hydrogen-bond acceptors (Lipinski definition) is 5. The Morgan fingerprint density at radius 2 is 2.24 bits per heavy atom. The standard InChI is InChI=1S/C9H9ClN6O/c10-6-2-1-5(3-13-6)4-16-8(11)7(9(12)17)14-15-16/h1-3H,4,11H2,(H2,12,17). The highest BCUT2D eigenvalue weighted by atomic mass is 35.5. The Morgan fingerprint density at radius 1 is 1.47 bits per heavy atom. The van der Waals surface area contributed by atoms with Gasteiger partial charge in [0.05, 0.1) is 6.54 Å². The first-order valence-corrected chi connectivity index (χ1v) is 5.05. The number of amides is 1. The molecular weight excluding hydrogens is 244 g/mol. The summed E-state index contributed by atoms with van der Waals surface area (Å²) >= 11 is 5.66. The molecular formula is C9H9ClN6O. The quantitative estimate of drug-likeness (QED) is 0.750. The van der Waals surface area contributed by atoms with E-state index < -0.39 is 5.91 Å². The van der Waals surface area contributed by atoms with Gasteiger partial charge in [0, 0.05) is 6.20 Å². The predicted molar refractivity (Wildman–Crippen MR) is 61.3 cm³/mol. The fourth-order valence-electron chi connectivity index (χ4n) is 1.29. The average Bonchev–Trinajstić information content (AvgIpc) is 2.64. The molecule has 17 heavy (non-hydrogen) atoms. The summed E-state index contributed by atoms with van der Waals surface area (Å²) in [7, 11) is 0. The van der Waals surface area contributed by atoms with Crippen molar-refractivity contribution in [3.05, 3.63) is 34.7 Å². The van der Waals surface area contributed by atoms with E-state index >= 15 is 0 Å². The molecule has 2 aromatic heterocycles. The van der Waals surface area contributed by atoms with Crippen LogP contribution >= 0.6 is 11.6 Å². The highest BCUT2D eigenvalue weighted by Crippen LogP contribution is 2.11. The monoisotopic (exact) mass is 252 g/mol. The molecule has 0 aliphatic carbocycles. The van der Waals surface area contributed by atoms with Crippen molar-refractivity contribution in [2.45, 2.75) is 6.54 Å². The van der Waals surface area contributed by atoms with Crippen molar-refractivity contribution in [1.29, 1.82) is 0 Å². The number of carbonyl (C=O) groups excluding carboxylic acids is 1. The molecule has 7 nitrogen and oxygen atoms in total. The highest BCUT2D eigenvalue weighted by molar-refractivity contribution is 6.29. The van der Waals surface area contributed by atoms with Gasteiger partial charge in [0.1, 0.15) is 5.15 Å². The van der Waals surface area contributed by atoms with Crippen molar-refractivity contribution in [1.82, 2.24) is 20.0 Å². The summed E-state index contributed by atoms with van der Waals surface area (Å²) in [5, 5.41) is 7.73. The van der Waals surface area contributed by atoms with E-state index in [9.17, 15) is 4.79 Å². The van der Waals surface area contributed by atoms with Gasteiger partial charge < -0.3 is 11.5 Å². The van der Waals surface area contributed by atoms with Crippen LogP contribution < -0.4 is 11.5 Å². The molecule has 0 atom stereocenters. The molecule has 0 spiro atoms. The van der Waals surface area contributed by atoms with Crippen LogP contribution in [0.5, 0.6) is 0 Å². The largest absolute Gasteiger partial charge is 0.382 e. The minimum absolute atomic E-state index is 0.0353. The maximum atomic E-state index is 10.9. The third-order valence-electron chi connectivity index (χ3n) is 2.13. The first kappa shape index (κ1) is 11.3. The number of nitrogen functional groups attached to an aromatic ring is 1. The number of carbonyl (C=O) groups is 1. The number of anilines is 1. The van der Waals surface area contributed by atoms with E-state index in [1.807, 2.05) is 0 Å². The van der Waals surface area contributed by atoms with Crippen LogP contribution in [0.25, 0.3) is 0 Å². The lowest BCUT2D eigenvalue weighted by Crippen LogP contribution is -2.14. The Bertz CT molecular complexity index is 549. The van der Waals surface area contributed by atoms with Crippen LogP contribution in [0.15, 0.2) is 18.3 Å². The molecule has 88 valence electrons. The van der Waals surface area contributed by atoms with Gasteiger partial charge in [0.2, 0.25) is 0 Å². The van der Waals surface area contributed by atoms with E-state index in [4.69, 9.17) is 23.1 Å². The van der Waals surface area contributed by atoms with Gasteiger partial charge in [-0.1, -0.05) is 22.9 Å². The van der Waals surface area contributed by atoms with Gasteiger partial charge in [-0.3, -0.25) is 4.79 Å². The van der Waals surface area contributed by atoms with Crippen LogP contribution in [0.4, 0.5) is 5.82 Å². The molecule has 0 radical (unpaired) electrons. The van der Waals surface area contributed by atoms with E-state index in [1.165, 1.54) is 4.68 Å². The van der Waals surface area contributed by atoms with Gasteiger partial charge in [-0.2, -0.15) is 0 Å². The summed E-state index contributed by atoms with van der Waals surface area (Å²) in [5.74, 6) is -0.574. The second kappa shape index (κ2) is 4.38. The van der Waals surface area contributed by atoms with Crippen LogP contribution in [0.2, 0.25) is 5.15 Å². The van der Waals surface area contributed by atoms with Gasteiger partial charge in [-0.25, -0.2) is 9.67 Å². The number of pyridine rings is 1. The molecule has 2 aromatic rings. The average molecular weight is 253 g/mol. The number of primary amides is 1. The van der Waals surface area contributed by atoms with Crippen molar-refractivity contribution < 1.29 is 4.79 Å². The smallest absolute Gasteiger partial charge is 0.273 e. The minimum atomic E-state index is -0.706. The first-order valence-electron chi connectivity index (χ1n) is 4.67. The molecule has 1 amide bonds. The summed E-state index contributed by atoms with van der Waals surface area (Å²) in [4.78, 5) is 14.8. The van der Waals surface area contributed by atoms with Crippen LogP contribution in [0.1, 0.15) is 16.1 Å². The molecule has 0 saturated carbocycles. The minimum Gasteiger partial charge on any atom is -0.382 e. The summed E-state index contributed by atoms with van der Waals surface area (Å²) < 4.78 is 1.37. The van der Waals surface area contributed by atoms with Crippen molar-refractivity contribution in [3.8, 4) is 0 Å². The molecule has 0 aliphatic rings. The molecule has 4 N–H and O–H groups in total. The normalized spacial score (nSPS) is 10.4. The van der Waals surface area contributed by atoms with Gasteiger partial charge in [0.15, 0.2) is 11.5 Å². The van der Waals surface area contributed by atoms with Crippen molar-refractivity contribution >= 4 is 23.3 Å². The van der Waals surface area contributed by atoms with Crippen LogP contribution in [-0.4, -0.2) is 25.9 Å². The highest BCUT2D eigenvalue weighted by Gasteiger charge is 2.14. The molecule has 0 aromatic carbocycles. The van der Waals surface area contributed by atoms with Crippen molar-refractivity contribution in [2.24, 2.45) is 5.73 Å². The second-order valence-corrected chi connectivity index (χ2v) is 3.72. The molecule has 2 heterocycles. The molecule has 0 aliphatic heterocycles. The van der Waals surface area contributed by atoms with Crippen LogP contribution in [-0.2, 0) is 6.54 Å². The molecule has 2 rings (SSSR count). The predicted octanol–water partition coefficient (Wildman–Crippen LogP) is 0.0559. The fraction of sp³-hybridized carbons (Fsp3) is 0.111. The molecule has 8 heteroatoms. The molecule has 0 bridgehead atoms. The molecule has 0 saturated heterocycles. The zero-order valence-corrected chi connectivity index (χ0v) is 9.42. The van der Waals surface area contributed by atoms with Crippen molar-refractivity contribution in [3.63, 3.8) is 0 Å². The topological polar surface area (TPSA) is 113 Å². The zero-order valence-electron chi connectivity index (χ0n) is 8.67. The number of rotatable bonds is 3. The van der Waals surface area contributed by atoms with E-state index in [0.717, 1.165) is 5.56 Å². The lowest BCUT2D eigenvalue weighted by molar-refractivity contribution is 0.0996. The molecule has 0 fully saturated rings. The Morgan fingerprint density at radius 3 is 2.76 bits per heavy atom. The van der Waals surface area contributed by atoms with Gasteiger partial charge >= 0.3 is 0 Å². The first-order chi connectivity index (χ1) is 8.08. The van der Waals surface area contributed by atoms with E-state index in [1.54, 1.807) is 18.3 Å². The Hall–Kier alpha value is -2.15. The third kappa shape index (κ3) is 2.34. The SMILES string of the molecule is NC(=O)c1nnn(Cc2ccc(Cl)nc2)c1N. The maximum absolute atomic E-state index is 10.9. The van der Waals surface area contributed by atoms with E-state index in [0.29, 0.717) is 11.7 Å². The summed E-state index contributed by atoms with van der Waals surface area (Å²) in [6.45, 7) is 0.344. The summed E-state index contributed by atoms with van der Waals surface area (Å²) in [6, 6.07) is 3.43. The number of aromatic nitrogens is 4. The third-order valence-corrected chi connectivity index (χ3v) is 2.35. The van der Waals surface area contributed by atoms with Crippen LogP contribution in [0, 0.1) is 0 Å². The van der Waals surface area contributed by atoms with Gasteiger partial charge in [-0.05, 0) is 11.6 Å². The summed E-state index contributed by atoms with van der Waals surface area (Å²) in [6.07, 6.45) is 1.59. The lowest BCUT2D eigenvalue weighted by atomic mass is 10.3. The van der Waals surface area contributed by atoms with Crippen LogP contribution in [0.3, 0.4) is 0 Å².